The molecule has 0 spiro atoms. The quantitative estimate of drug-likeness (QED) is 0.798. The maximum Gasteiger partial charge on any atom is 0.217 e. The molecule has 0 unspecified atom stereocenters. The van der Waals surface area contributed by atoms with Crippen molar-refractivity contribution in [3.8, 4) is 11.3 Å². The Labute approximate surface area is 122 Å². The maximum atomic E-state index is 11.0. The highest BCUT2D eigenvalue weighted by Gasteiger charge is 2.04. The van der Waals surface area contributed by atoms with Gasteiger partial charge in [-0.25, -0.2) is 0 Å². The van der Waals surface area contributed by atoms with E-state index in [2.05, 4.69) is 20.3 Å². The summed E-state index contributed by atoms with van der Waals surface area (Å²) in [6, 6.07) is 9.84. The molecule has 5 heteroatoms. The van der Waals surface area contributed by atoms with E-state index in [0.717, 1.165) is 27.9 Å². The smallest absolute Gasteiger partial charge is 0.217 e. The van der Waals surface area contributed by atoms with E-state index in [-0.39, 0.29) is 5.91 Å². The molecule has 0 fully saturated rings. The first-order valence-electron chi connectivity index (χ1n) is 6.63. The third-order valence-corrected chi connectivity index (χ3v) is 3.12. The van der Waals surface area contributed by atoms with Crippen LogP contribution in [0.4, 0.5) is 0 Å². The first kappa shape index (κ1) is 13.2. The number of fused-ring (bicyclic) bond motifs is 1. The molecule has 5 nitrogen and oxygen atoms in total. The first-order valence-corrected chi connectivity index (χ1v) is 6.63. The Kier molecular flexibility index (Phi) is 3.55. The second-order valence-corrected chi connectivity index (χ2v) is 4.72. The van der Waals surface area contributed by atoms with Crippen LogP contribution >= 0.6 is 0 Å². The number of carbonyl (C=O) groups excluding carboxylic acids is 1. The molecule has 0 saturated heterocycles. The summed E-state index contributed by atoms with van der Waals surface area (Å²) >= 11 is 0. The van der Waals surface area contributed by atoms with E-state index < -0.39 is 0 Å². The highest BCUT2D eigenvalue weighted by molar-refractivity contribution is 5.78. The SMILES string of the molecule is CC(=O)NCc1cccc(-c2cc3nccnc3cn2)c1. The standard InChI is InChI=1S/C16H14N4O/c1-11(21)19-9-12-3-2-4-13(7-12)14-8-15-16(10-20-14)18-6-5-17-15/h2-8,10H,9H2,1H3,(H,19,21). The van der Waals surface area contributed by atoms with Crippen LogP contribution in [0, 0.1) is 0 Å². The van der Waals surface area contributed by atoms with Gasteiger partial charge in [-0.05, 0) is 17.7 Å². The number of nitrogens with one attached hydrogen (secondary N) is 1. The highest BCUT2D eigenvalue weighted by atomic mass is 16.1. The topological polar surface area (TPSA) is 67.8 Å². The Morgan fingerprint density at radius 2 is 1.90 bits per heavy atom. The predicted octanol–water partition coefficient (Wildman–Crippen LogP) is 2.33. The van der Waals surface area contributed by atoms with Gasteiger partial charge in [0, 0.05) is 31.4 Å². The summed E-state index contributed by atoms with van der Waals surface area (Å²) in [7, 11) is 0. The minimum absolute atomic E-state index is 0.0421. The summed E-state index contributed by atoms with van der Waals surface area (Å²) in [6.45, 7) is 2.02. The molecule has 104 valence electrons. The number of nitrogens with zero attached hydrogens (tertiary/aromatic N) is 3. The van der Waals surface area contributed by atoms with Crippen molar-refractivity contribution in [2.24, 2.45) is 0 Å². The third kappa shape index (κ3) is 3.02. The summed E-state index contributed by atoms with van der Waals surface area (Å²) in [5.74, 6) is -0.0421. The molecular formula is C16H14N4O. The van der Waals surface area contributed by atoms with Gasteiger partial charge in [-0.15, -0.1) is 0 Å². The monoisotopic (exact) mass is 278 g/mol. The number of rotatable bonds is 3. The molecule has 3 aromatic rings. The van der Waals surface area contributed by atoms with Crippen LogP contribution in [-0.4, -0.2) is 20.9 Å². The van der Waals surface area contributed by atoms with Gasteiger partial charge >= 0.3 is 0 Å². The van der Waals surface area contributed by atoms with Gasteiger partial charge in [0.2, 0.25) is 5.91 Å². The lowest BCUT2D eigenvalue weighted by atomic mass is 10.1. The van der Waals surface area contributed by atoms with Crippen LogP contribution in [0.1, 0.15) is 12.5 Å². The number of pyridine rings is 1. The summed E-state index contributed by atoms with van der Waals surface area (Å²) < 4.78 is 0. The number of carbonyl (C=O) groups is 1. The van der Waals surface area contributed by atoms with Crippen molar-refractivity contribution in [1.29, 1.82) is 0 Å². The first-order chi connectivity index (χ1) is 10.2. The Balaban J connectivity index is 1.94. The Bertz CT molecular complexity index is 801. The molecule has 0 radical (unpaired) electrons. The van der Waals surface area contributed by atoms with Crippen LogP contribution in [0.15, 0.2) is 48.9 Å². The average molecular weight is 278 g/mol. The van der Waals surface area contributed by atoms with E-state index in [1.54, 1.807) is 18.6 Å². The average Bonchev–Trinajstić information content (AvgIpc) is 2.53. The van der Waals surface area contributed by atoms with Crippen molar-refractivity contribution in [1.82, 2.24) is 20.3 Å². The molecule has 1 N–H and O–H groups in total. The lowest BCUT2D eigenvalue weighted by Gasteiger charge is -2.06. The highest BCUT2D eigenvalue weighted by Crippen LogP contribution is 2.20. The summed E-state index contributed by atoms with van der Waals surface area (Å²) in [6.07, 6.45) is 5.04. The van der Waals surface area contributed by atoms with E-state index in [1.165, 1.54) is 6.92 Å². The zero-order chi connectivity index (χ0) is 14.7. The largest absolute Gasteiger partial charge is 0.352 e. The minimum atomic E-state index is -0.0421. The molecule has 1 aromatic carbocycles. The summed E-state index contributed by atoms with van der Waals surface area (Å²) in [4.78, 5) is 23.9. The van der Waals surface area contributed by atoms with Crippen molar-refractivity contribution in [3.05, 3.63) is 54.5 Å². The Morgan fingerprint density at radius 1 is 1.10 bits per heavy atom. The lowest BCUT2D eigenvalue weighted by molar-refractivity contribution is -0.119. The number of hydrogen-bond acceptors (Lipinski definition) is 4. The van der Waals surface area contributed by atoms with Gasteiger partial charge in [0.15, 0.2) is 0 Å². The van der Waals surface area contributed by atoms with E-state index in [9.17, 15) is 4.79 Å². The fraction of sp³-hybridized carbons (Fsp3) is 0.125. The molecule has 0 saturated carbocycles. The van der Waals surface area contributed by atoms with Crippen LogP contribution in [0.5, 0.6) is 0 Å². The van der Waals surface area contributed by atoms with E-state index >= 15 is 0 Å². The molecule has 0 bridgehead atoms. The van der Waals surface area contributed by atoms with Crippen LogP contribution in [-0.2, 0) is 11.3 Å². The molecule has 1 amide bonds. The zero-order valence-corrected chi connectivity index (χ0v) is 11.6. The molecule has 0 atom stereocenters. The lowest BCUT2D eigenvalue weighted by Crippen LogP contribution is -2.18. The normalized spacial score (nSPS) is 10.5. The third-order valence-electron chi connectivity index (χ3n) is 3.12. The molecule has 3 rings (SSSR count). The van der Waals surface area contributed by atoms with Crippen molar-refractivity contribution >= 4 is 16.9 Å². The molecule has 2 aromatic heterocycles. The number of benzene rings is 1. The van der Waals surface area contributed by atoms with Crippen LogP contribution in [0.3, 0.4) is 0 Å². The second-order valence-electron chi connectivity index (χ2n) is 4.72. The minimum Gasteiger partial charge on any atom is -0.352 e. The van der Waals surface area contributed by atoms with Crippen molar-refractivity contribution < 1.29 is 4.79 Å². The van der Waals surface area contributed by atoms with Crippen molar-refractivity contribution in [2.75, 3.05) is 0 Å². The predicted molar refractivity (Wildman–Crippen MR) is 80.3 cm³/mol. The van der Waals surface area contributed by atoms with E-state index in [1.807, 2.05) is 30.3 Å². The zero-order valence-electron chi connectivity index (χ0n) is 11.6. The van der Waals surface area contributed by atoms with Crippen LogP contribution < -0.4 is 5.32 Å². The Hall–Kier alpha value is -2.82. The van der Waals surface area contributed by atoms with E-state index in [4.69, 9.17) is 0 Å². The molecule has 0 aliphatic heterocycles. The number of amides is 1. The Morgan fingerprint density at radius 3 is 2.71 bits per heavy atom. The summed E-state index contributed by atoms with van der Waals surface area (Å²) in [5.41, 5.74) is 4.45. The van der Waals surface area contributed by atoms with Gasteiger partial charge in [0.05, 0.1) is 17.4 Å². The van der Waals surface area contributed by atoms with Gasteiger partial charge < -0.3 is 5.32 Å². The summed E-state index contributed by atoms with van der Waals surface area (Å²) in [5, 5.41) is 2.79. The van der Waals surface area contributed by atoms with Gasteiger partial charge in [0.25, 0.3) is 0 Å². The van der Waals surface area contributed by atoms with Crippen molar-refractivity contribution in [2.45, 2.75) is 13.5 Å². The fourth-order valence-electron chi connectivity index (χ4n) is 2.09. The maximum absolute atomic E-state index is 11.0. The molecule has 0 aliphatic rings. The van der Waals surface area contributed by atoms with Gasteiger partial charge in [-0.1, -0.05) is 18.2 Å². The van der Waals surface area contributed by atoms with Gasteiger partial charge in [-0.3, -0.25) is 19.7 Å². The number of hydrogen-bond donors (Lipinski definition) is 1. The van der Waals surface area contributed by atoms with Crippen LogP contribution in [0.25, 0.3) is 22.3 Å². The number of aromatic nitrogens is 3. The van der Waals surface area contributed by atoms with Crippen molar-refractivity contribution in [3.63, 3.8) is 0 Å². The molecule has 0 aliphatic carbocycles. The molecular weight excluding hydrogens is 264 g/mol. The van der Waals surface area contributed by atoms with Gasteiger partial charge in [0.1, 0.15) is 5.52 Å². The molecule has 21 heavy (non-hydrogen) atoms. The van der Waals surface area contributed by atoms with Gasteiger partial charge in [-0.2, -0.15) is 0 Å². The fourth-order valence-corrected chi connectivity index (χ4v) is 2.09. The van der Waals surface area contributed by atoms with Crippen LogP contribution in [0.2, 0.25) is 0 Å². The molecule has 2 heterocycles. The van der Waals surface area contributed by atoms with E-state index in [0.29, 0.717) is 6.54 Å². The second kappa shape index (κ2) is 5.66.